The second kappa shape index (κ2) is 8.02. The molecule has 4 aliphatic rings. The smallest absolute Gasteiger partial charge is 0.387 e. The van der Waals surface area contributed by atoms with Crippen molar-refractivity contribution in [3.8, 4) is 17.0 Å². The largest absolute Gasteiger partial charge is 0.431 e. The normalized spacial score (nSPS) is 26.7. The zero-order chi connectivity index (χ0) is 22.5. The molecule has 3 atom stereocenters. The Kier molecular flexibility index (Phi) is 5.31. The molecule has 32 heavy (non-hydrogen) atoms. The summed E-state index contributed by atoms with van der Waals surface area (Å²) < 4.78 is 63.5. The van der Waals surface area contributed by atoms with Crippen LogP contribution in [-0.2, 0) is 4.74 Å². The Labute approximate surface area is 181 Å². The molecule has 172 valence electrons. The topological polar surface area (TPSA) is 86.4 Å². The molecule has 3 aliphatic heterocycles. The van der Waals surface area contributed by atoms with E-state index in [2.05, 4.69) is 24.6 Å². The fourth-order valence-corrected chi connectivity index (χ4v) is 4.72. The van der Waals surface area contributed by atoms with Gasteiger partial charge in [0.1, 0.15) is 11.6 Å². The first-order valence-corrected chi connectivity index (χ1v) is 10.6. The summed E-state index contributed by atoms with van der Waals surface area (Å²) in [5.74, 6) is -2.73. The molecule has 7 nitrogen and oxygen atoms in total. The molecule has 3 saturated heterocycles. The summed E-state index contributed by atoms with van der Waals surface area (Å²) in [6.45, 7) is -1.83. The number of nitrogens with two attached hydrogens (primary N) is 1. The van der Waals surface area contributed by atoms with Crippen molar-refractivity contribution >= 4 is 11.6 Å². The van der Waals surface area contributed by atoms with Crippen LogP contribution in [0.2, 0.25) is 0 Å². The van der Waals surface area contributed by atoms with Crippen LogP contribution in [0.15, 0.2) is 18.3 Å². The summed E-state index contributed by atoms with van der Waals surface area (Å²) in [4.78, 5) is 15.3. The van der Waals surface area contributed by atoms with Crippen LogP contribution in [0.4, 0.5) is 29.2 Å². The molecular formula is C21H23F4N5O2. The van der Waals surface area contributed by atoms with Gasteiger partial charge in [-0.15, -0.1) is 0 Å². The molecule has 11 heteroatoms. The molecule has 0 spiro atoms. The lowest BCUT2D eigenvalue weighted by Crippen LogP contribution is -2.55. The molecule has 2 aromatic heterocycles. The lowest BCUT2D eigenvalue weighted by molar-refractivity contribution is -0.0494. The van der Waals surface area contributed by atoms with Crippen LogP contribution in [-0.4, -0.2) is 52.8 Å². The number of halogens is 4. The average molecular weight is 453 g/mol. The summed E-state index contributed by atoms with van der Waals surface area (Å²) in [6.07, 6.45) is 3.18. The Hall–Kier alpha value is -2.69. The number of aromatic nitrogens is 3. The van der Waals surface area contributed by atoms with Crippen molar-refractivity contribution in [1.82, 2.24) is 15.0 Å². The van der Waals surface area contributed by atoms with Crippen LogP contribution in [0, 0.1) is 0 Å². The van der Waals surface area contributed by atoms with Crippen LogP contribution in [0.3, 0.4) is 0 Å². The van der Waals surface area contributed by atoms with Crippen molar-refractivity contribution in [1.29, 1.82) is 0 Å². The minimum Gasteiger partial charge on any atom is -0.431 e. The Morgan fingerprint density at radius 1 is 1.19 bits per heavy atom. The van der Waals surface area contributed by atoms with Gasteiger partial charge >= 0.3 is 6.61 Å². The lowest BCUT2D eigenvalue weighted by Gasteiger charge is -2.45. The zero-order valence-electron chi connectivity index (χ0n) is 17.2. The second-order valence-electron chi connectivity index (χ2n) is 8.59. The van der Waals surface area contributed by atoms with Gasteiger partial charge in [-0.3, -0.25) is 0 Å². The van der Waals surface area contributed by atoms with E-state index < -0.39 is 18.5 Å². The summed E-state index contributed by atoms with van der Waals surface area (Å²) in [6, 6.07) is 3.21. The van der Waals surface area contributed by atoms with Crippen molar-refractivity contribution in [3.63, 3.8) is 0 Å². The molecule has 1 saturated carbocycles. The average Bonchev–Trinajstić information content (AvgIpc) is 3.15. The molecular weight excluding hydrogens is 430 g/mol. The number of nitrogen functional groups attached to an aromatic ring is 1. The molecule has 2 N–H and O–H groups in total. The monoisotopic (exact) mass is 453 g/mol. The Morgan fingerprint density at radius 3 is 2.66 bits per heavy atom. The molecule has 5 heterocycles. The van der Waals surface area contributed by atoms with Gasteiger partial charge < -0.3 is 20.1 Å². The van der Waals surface area contributed by atoms with E-state index in [1.165, 1.54) is 12.3 Å². The lowest BCUT2D eigenvalue weighted by atomic mass is 9.97. The number of hydrogen-bond donors (Lipinski definition) is 1. The predicted molar refractivity (Wildman–Crippen MR) is 108 cm³/mol. The van der Waals surface area contributed by atoms with Gasteiger partial charge in [-0.2, -0.15) is 8.78 Å². The first kappa shape index (κ1) is 21.2. The van der Waals surface area contributed by atoms with E-state index in [9.17, 15) is 17.6 Å². The van der Waals surface area contributed by atoms with Gasteiger partial charge in [-0.1, -0.05) is 0 Å². The number of piperidine rings is 1. The number of ether oxygens (including phenoxy) is 2. The van der Waals surface area contributed by atoms with Gasteiger partial charge in [-0.25, -0.2) is 23.7 Å². The maximum atomic E-state index is 13.9. The predicted octanol–water partition coefficient (Wildman–Crippen LogP) is 3.99. The van der Waals surface area contributed by atoms with E-state index >= 15 is 0 Å². The van der Waals surface area contributed by atoms with Crippen LogP contribution < -0.4 is 15.4 Å². The minimum absolute atomic E-state index is 0.0990. The van der Waals surface area contributed by atoms with Gasteiger partial charge in [0.2, 0.25) is 5.92 Å². The number of nitrogens with zero attached hydrogens (tertiary/aromatic N) is 4. The van der Waals surface area contributed by atoms with Gasteiger partial charge in [0.25, 0.3) is 0 Å². The molecule has 0 aromatic carbocycles. The number of morpholine rings is 1. The highest BCUT2D eigenvalue weighted by atomic mass is 19.3. The molecule has 4 fully saturated rings. The van der Waals surface area contributed by atoms with Gasteiger partial charge in [0.05, 0.1) is 24.4 Å². The fourth-order valence-electron chi connectivity index (χ4n) is 4.72. The van der Waals surface area contributed by atoms with E-state index in [-0.39, 0.29) is 43.0 Å². The highest BCUT2D eigenvalue weighted by Crippen LogP contribution is 2.44. The third-order valence-electron chi connectivity index (χ3n) is 6.37. The van der Waals surface area contributed by atoms with Crippen LogP contribution in [0.5, 0.6) is 5.75 Å². The van der Waals surface area contributed by atoms with E-state index in [1.807, 2.05) is 0 Å². The summed E-state index contributed by atoms with van der Waals surface area (Å²) in [5, 5.41) is 0. The molecule has 2 bridgehead atoms. The maximum Gasteiger partial charge on any atom is 0.387 e. The molecule has 1 unspecified atom stereocenters. The number of anilines is 2. The minimum atomic E-state index is -3.06. The highest BCUT2D eigenvalue weighted by molar-refractivity contribution is 5.67. The third kappa shape index (κ3) is 4.17. The van der Waals surface area contributed by atoms with E-state index in [0.717, 1.165) is 12.8 Å². The van der Waals surface area contributed by atoms with Crippen molar-refractivity contribution in [2.75, 3.05) is 23.8 Å². The maximum absolute atomic E-state index is 13.9. The van der Waals surface area contributed by atoms with E-state index in [0.29, 0.717) is 36.1 Å². The summed E-state index contributed by atoms with van der Waals surface area (Å²) in [7, 11) is 0. The Morgan fingerprint density at radius 2 is 2.03 bits per heavy atom. The number of fused-ring (bicyclic) bond motifs is 3. The number of rotatable bonds is 5. The van der Waals surface area contributed by atoms with E-state index in [1.54, 1.807) is 6.07 Å². The number of alkyl halides is 4. The SMILES string of the molecule is Nc1ncc(-c2cc(N3C[C@@H]4CC[C@H]3CO4)nc(C3CCC(F)(F)C3)n2)cc1OC(F)F. The molecule has 0 amide bonds. The molecule has 2 aromatic rings. The van der Waals surface area contributed by atoms with Crippen LogP contribution in [0.25, 0.3) is 11.3 Å². The van der Waals surface area contributed by atoms with Crippen molar-refractivity contribution in [2.45, 2.75) is 62.7 Å². The van der Waals surface area contributed by atoms with Gasteiger partial charge in [0, 0.05) is 43.1 Å². The first-order chi connectivity index (χ1) is 15.3. The van der Waals surface area contributed by atoms with Gasteiger partial charge in [-0.05, 0) is 25.3 Å². The molecule has 0 radical (unpaired) electrons. The van der Waals surface area contributed by atoms with Crippen molar-refractivity contribution in [3.05, 3.63) is 24.2 Å². The molecule has 1 aliphatic carbocycles. The summed E-state index contributed by atoms with van der Waals surface area (Å²) in [5.41, 5.74) is 6.44. The van der Waals surface area contributed by atoms with Crippen molar-refractivity contribution < 1.29 is 27.0 Å². The number of pyridine rings is 1. The number of hydrogen-bond acceptors (Lipinski definition) is 7. The summed E-state index contributed by atoms with van der Waals surface area (Å²) >= 11 is 0. The standard InChI is InChI=1S/C21H23F4N5O2/c22-20(23)32-16-5-12(8-27-18(16)26)15-6-17(30-9-14-2-1-13(30)10-31-14)29-19(28-15)11-3-4-21(24,25)7-11/h5-6,8,11,13-14,20H,1-4,7,9-10H2,(H2,26,27)/t11?,13-,14-/m0/s1. The van der Waals surface area contributed by atoms with Crippen molar-refractivity contribution in [2.24, 2.45) is 0 Å². The highest BCUT2D eigenvalue weighted by Gasteiger charge is 2.42. The Balaban J connectivity index is 1.55. The second-order valence-corrected chi connectivity index (χ2v) is 8.59. The molecule has 6 rings (SSSR count). The zero-order valence-corrected chi connectivity index (χ0v) is 17.2. The van der Waals surface area contributed by atoms with Crippen LogP contribution >= 0.6 is 0 Å². The third-order valence-corrected chi connectivity index (χ3v) is 6.37. The first-order valence-electron chi connectivity index (χ1n) is 10.6. The quantitative estimate of drug-likeness (QED) is 0.685. The fraction of sp³-hybridized carbons (Fsp3) is 0.571. The van der Waals surface area contributed by atoms with E-state index in [4.69, 9.17) is 10.5 Å². The Bertz CT molecular complexity index is 1000. The van der Waals surface area contributed by atoms with Crippen LogP contribution in [0.1, 0.15) is 43.8 Å². The van der Waals surface area contributed by atoms with Gasteiger partial charge in [0.15, 0.2) is 11.6 Å².